The van der Waals surface area contributed by atoms with E-state index < -0.39 is 22.9 Å². The number of aromatic nitrogens is 1. The first-order valence-electron chi connectivity index (χ1n) is 9.99. The van der Waals surface area contributed by atoms with E-state index in [0.717, 1.165) is 16.7 Å². The Morgan fingerprint density at radius 1 is 1.06 bits per heavy atom. The molecule has 3 aromatic rings. The summed E-state index contributed by atoms with van der Waals surface area (Å²) in [5.41, 5.74) is 0.439. The van der Waals surface area contributed by atoms with E-state index in [1.54, 1.807) is 48.5 Å². The van der Waals surface area contributed by atoms with E-state index in [9.17, 15) is 18.8 Å². The third-order valence-corrected chi connectivity index (χ3v) is 5.57. The highest BCUT2D eigenvalue weighted by molar-refractivity contribution is 8.18. The number of thioether (sulfide) groups is 1. The summed E-state index contributed by atoms with van der Waals surface area (Å²) in [6.07, 6.45) is 2.86. The minimum absolute atomic E-state index is 0.0276. The molecule has 9 heteroatoms. The third kappa shape index (κ3) is 5.27. The van der Waals surface area contributed by atoms with Gasteiger partial charge in [0.05, 0.1) is 4.91 Å². The highest BCUT2D eigenvalue weighted by atomic mass is 32.2. The van der Waals surface area contributed by atoms with Crippen LogP contribution in [0.1, 0.15) is 15.9 Å². The molecule has 0 saturated carbocycles. The van der Waals surface area contributed by atoms with E-state index in [-0.39, 0.29) is 35.0 Å². The Labute approximate surface area is 193 Å². The summed E-state index contributed by atoms with van der Waals surface area (Å²) in [5, 5.41) is 2.19. The number of carbonyl (C=O) groups excluding carboxylic acids is 3. The number of ether oxygens (including phenoxy) is 1. The Morgan fingerprint density at radius 3 is 2.61 bits per heavy atom. The number of amides is 3. The molecule has 0 spiro atoms. The van der Waals surface area contributed by atoms with Crippen molar-refractivity contribution in [2.75, 3.05) is 13.1 Å². The second-order valence-corrected chi connectivity index (χ2v) is 7.88. The molecule has 1 N–H and O–H groups in total. The molecule has 2 heterocycles. The van der Waals surface area contributed by atoms with Crippen molar-refractivity contribution in [2.45, 2.75) is 0 Å². The minimum atomic E-state index is -0.531. The fourth-order valence-corrected chi connectivity index (χ4v) is 3.90. The van der Waals surface area contributed by atoms with E-state index in [0.29, 0.717) is 5.75 Å². The van der Waals surface area contributed by atoms with E-state index in [2.05, 4.69) is 10.3 Å². The molecule has 0 aliphatic carbocycles. The van der Waals surface area contributed by atoms with E-state index in [1.165, 1.54) is 24.4 Å². The highest BCUT2D eigenvalue weighted by Crippen LogP contribution is 2.32. The summed E-state index contributed by atoms with van der Waals surface area (Å²) in [5.74, 6) is -0.800. The van der Waals surface area contributed by atoms with Crippen LogP contribution < -0.4 is 10.1 Å². The van der Waals surface area contributed by atoms with Crippen LogP contribution in [0.2, 0.25) is 0 Å². The van der Waals surface area contributed by atoms with Crippen molar-refractivity contribution in [1.29, 1.82) is 0 Å². The molecule has 3 amide bonds. The average Bonchev–Trinajstić information content (AvgIpc) is 3.09. The number of halogens is 1. The molecule has 0 radical (unpaired) electrons. The number of imide groups is 1. The maximum absolute atomic E-state index is 13.9. The summed E-state index contributed by atoms with van der Waals surface area (Å²) in [6, 6.07) is 18.1. The molecule has 1 saturated heterocycles. The molecular formula is C24H18FN3O4S. The van der Waals surface area contributed by atoms with Crippen molar-refractivity contribution < 1.29 is 23.5 Å². The van der Waals surface area contributed by atoms with Gasteiger partial charge in [-0.2, -0.15) is 0 Å². The normalized spacial score (nSPS) is 14.6. The number of hydrogen-bond acceptors (Lipinski definition) is 6. The van der Waals surface area contributed by atoms with Gasteiger partial charge in [0.2, 0.25) is 5.88 Å². The van der Waals surface area contributed by atoms with Crippen molar-refractivity contribution in [3.8, 4) is 11.6 Å². The quantitative estimate of drug-likeness (QED) is 0.520. The lowest BCUT2D eigenvalue weighted by molar-refractivity contribution is -0.122. The Kier molecular flexibility index (Phi) is 6.80. The average molecular weight is 463 g/mol. The first-order valence-corrected chi connectivity index (χ1v) is 10.8. The standard InChI is InChI=1S/C24H18FN3O4S/c25-19-11-5-4-7-16(19)15-20-23(30)28(24(31)33-20)14-13-26-21(29)18-10-6-12-27-22(18)32-17-8-2-1-3-9-17/h1-12,15H,13-14H2,(H,26,29)/b20-15-. The van der Waals surface area contributed by atoms with Crippen molar-refractivity contribution in [3.05, 3.63) is 94.8 Å². The van der Waals surface area contributed by atoms with Crippen LogP contribution in [0.3, 0.4) is 0 Å². The largest absolute Gasteiger partial charge is 0.438 e. The number of carbonyl (C=O) groups is 3. The first kappa shape index (κ1) is 22.2. The molecule has 0 atom stereocenters. The molecule has 4 rings (SSSR count). The van der Waals surface area contributed by atoms with Crippen molar-refractivity contribution in [1.82, 2.24) is 15.2 Å². The van der Waals surface area contributed by atoms with Crippen LogP contribution in [0.25, 0.3) is 6.08 Å². The molecular weight excluding hydrogens is 445 g/mol. The predicted octanol–water partition coefficient (Wildman–Crippen LogP) is 4.48. The summed E-state index contributed by atoms with van der Waals surface area (Å²) in [7, 11) is 0. The number of hydrogen-bond donors (Lipinski definition) is 1. The van der Waals surface area contributed by atoms with Crippen LogP contribution in [0.4, 0.5) is 9.18 Å². The van der Waals surface area contributed by atoms with Gasteiger partial charge in [-0.05, 0) is 48.2 Å². The number of nitrogens with one attached hydrogen (secondary N) is 1. The summed E-state index contributed by atoms with van der Waals surface area (Å²) in [4.78, 5) is 42.8. The number of pyridine rings is 1. The topological polar surface area (TPSA) is 88.6 Å². The van der Waals surface area contributed by atoms with E-state index in [1.807, 2.05) is 6.07 Å². The molecule has 1 aliphatic heterocycles. The Hall–Kier alpha value is -3.98. The van der Waals surface area contributed by atoms with Gasteiger partial charge in [0.15, 0.2) is 0 Å². The second kappa shape index (κ2) is 10.1. The molecule has 2 aromatic carbocycles. The van der Waals surface area contributed by atoms with E-state index >= 15 is 0 Å². The predicted molar refractivity (Wildman–Crippen MR) is 122 cm³/mol. The van der Waals surface area contributed by atoms with Gasteiger partial charge in [-0.15, -0.1) is 0 Å². The number of rotatable bonds is 7. The van der Waals surface area contributed by atoms with Crippen LogP contribution >= 0.6 is 11.8 Å². The molecule has 1 fully saturated rings. The van der Waals surface area contributed by atoms with Gasteiger partial charge in [0, 0.05) is 24.8 Å². The number of nitrogens with zero attached hydrogens (tertiary/aromatic N) is 2. The fourth-order valence-electron chi connectivity index (χ4n) is 3.05. The zero-order valence-corrected chi connectivity index (χ0v) is 18.0. The molecule has 166 valence electrons. The molecule has 33 heavy (non-hydrogen) atoms. The van der Waals surface area contributed by atoms with Crippen molar-refractivity contribution in [3.63, 3.8) is 0 Å². The first-order chi connectivity index (χ1) is 16.0. The fraction of sp³-hybridized carbons (Fsp3) is 0.0833. The lowest BCUT2D eigenvalue weighted by atomic mass is 10.2. The van der Waals surface area contributed by atoms with Gasteiger partial charge in [0.25, 0.3) is 17.1 Å². The monoisotopic (exact) mass is 463 g/mol. The molecule has 7 nitrogen and oxygen atoms in total. The molecule has 1 aliphatic rings. The minimum Gasteiger partial charge on any atom is -0.438 e. The molecule has 1 aromatic heterocycles. The van der Waals surface area contributed by atoms with Crippen LogP contribution in [0, 0.1) is 5.82 Å². The van der Waals surface area contributed by atoms with Crippen LogP contribution in [-0.4, -0.2) is 40.0 Å². The third-order valence-electron chi connectivity index (χ3n) is 4.66. The van der Waals surface area contributed by atoms with Crippen LogP contribution in [0.15, 0.2) is 77.8 Å². The van der Waals surface area contributed by atoms with Crippen molar-refractivity contribution >= 4 is 34.9 Å². The Morgan fingerprint density at radius 2 is 1.82 bits per heavy atom. The lowest BCUT2D eigenvalue weighted by Gasteiger charge is -2.14. The lowest BCUT2D eigenvalue weighted by Crippen LogP contribution is -2.37. The van der Waals surface area contributed by atoms with Gasteiger partial charge < -0.3 is 10.1 Å². The number of benzene rings is 2. The maximum atomic E-state index is 13.9. The number of para-hydroxylation sites is 1. The van der Waals surface area contributed by atoms with Gasteiger partial charge in [-0.3, -0.25) is 19.3 Å². The SMILES string of the molecule is O=C(NCCN1C(=O)S/C(=C\c2ccccc2F)C1=O)c1cccnc1Oc1ccccc1. The van der Waals surface area contributed by atoms with Gasteiger partial charge in [-0.1, -0.05) is 36.4 Å². The molecule has 0 bridgehead atoms. The zero-order chi connectivity index (χ0) is 23.2. The van der Waals surface area contributed by atoms with Gasteiger partial charge in [-0.25, -0.2) is 9.37 Å². The van der Waals surface area contributed by atoms with Gasteiger partial charge >= 0.3 is 0 Å². The van der Waals surface area contributed by atoms with Gasteiger partial charge in [0.1, 0.15) is 17.1 Å². The summed E-state index contributed by atoms with van der Waals surface area (Å²) >= 11 is 0.733. The second-order valence-electron chi connectivity index (χ2n) is 6.88. The smallest absolute Gasteiger partial charge is 0.293 e. The highest BCUT2D eigenvalue weighted by Gasteiger charge is 2.34. The Bertz CT molecular complexity index is 1230. The zero-order valence-electron chi connectivity index (χ0n) is 17.2. The van der Waals surface area contributed by atoms with E-state index in [4.69, 9.17) is 4.74 Å². The maximum Gasteiger partial charge on any atom is 0.293 e. The Balaban J connectivity index is 1.38. The van der Waals surface area contributed by atoms with Crippen LogP contribution in [-0.2, 0) is 4.79 Å². The summed E-state index contributed by atoms with van der Waals surface area (Å²) < 4.78 is 19.6. The molecule has 0 unspecified atom stereocenters. The summed E-state index contributed by atoms with van der Waals surface area (Å²) in [6.45, 7) is 0.00365. The van der Waals surface area contributed by atoms with Crippen molar-refractivity contribution in [2.24, 2.45) is 0 Å². The van der Waals surface area contributed by atoms with Crippen LogP contribution in [0.5, 0.6) is 11.6 Å².